The number of anilines is 1. The minimum atomic E-state index is -0.481. The average Bonchev–Trinajstić information content (AvgIpc) is 2.78. The van der Waals surface area contributed by atoms with Crippen LogP contribution in [0.25, 0.3) is 11.6 Å². The molecule has 0 radical (unpaired) electrons. The van der Waals surface area contributed by atoms with Gasteiger partial charge in [-0.2, -0.15) is 0 Å². The number of amides is 2. The standard InChI is InChI=1S/C18H19FN2O2S/c1-5-21-14-8-13(19)11(7-15-16(22)20-17(23)24-15)6-12(14)10(2)9-18(21,3)4/h6-9H,5H2,1-4H3,(H,20,22,23)/b15-7-. The molecular weight excluding hydrogens is 327 g/mol. The zero-order valence-corrected chi connectivity index (χ0v) is 14.9. The summed E-state index contributed by atoms with van der Waals surface area (Å²) in [4.78, 5) is 25.3. The van der Waals surface area contributed by atoms with Crippen molar-refractivity contribution in [2.24, 2.45) is 0 Å². The Balaban J connectivity index is 2.11. The largest absolute Gasteiger partial charge is 0.363 e. The molecule has 3 rings (SSSR count). The Labute approximate surface area is 144 Å². The van der Waals surface area contributed by atoms with Crippen molar-refractivity contribution >= 4 is 40.2 Å². The van der Waals surface area contributed by atoms with Gasteiger partial charge in [0.1, 0.15) is 5.82 Å². The highest BCUT2D eigenvalue weighted by Gasteiger charge is 2.31. The maximum Gasteiger partial charge on any atom is 0.290 e. The van der Waals surface area contributed by atoms with E-state index in [-0.39, 0.29) is 10.4 Å². The number of likely N-dealkylation sites (N-methyl/N-ethyl adjacent to an activating group) is 1. The quantitative estimate of drug-likeness (QED) is 0.817. The van der Waals surface area contributed by atoms with Gasteiger partial charge in [0.25, 0.3) is 11.1 Å². The second-order valence-electron chi connectivity index (χ2n) is 6.47. The van der Waals surface area contributed by atoms with Crippen LogP contribution < -0.4 is 10.2 Å². The van der Waals surface area contributed by atoms with E-state index in [1.54, 1.807) is 6.07 Å². The van der Waals surface area contributed by atoms with Gasteiger partial charge in [-0.15, -0.1) is 0 Å². The van der Waals surface area contributed by atoms with E-state index in [4.69, 9.17) is 0 Å². The van der Waals surface area contributed by atoms with Gasteiger partial charge in [-0.3, -0.25) is 14.9 Å². The fourth-order valence-electron chi connectivity index (χ4n) is 3.37. The van der Waals surface area contributed by atoms with Crippen LogP contribution in [0.1, 0.15) is 38.8 Å². The van der Waals surface area contributed by atoms with Crippen LogP contribution in [0.2, 0.25) is 0 Å². The maximum atomic E-state index is 14.6. The summed E-state index contributed by atoms with van der Waals surface area (Å²) in [7, 11) is 0. The molecule has 1 fully saturated rings. The third-order valence-corrected chi connectivity index (χ3v) is 5.15. The van der Waals surface area contributed by atoms with E-state index in [0.717, 1.165) is 35.1 Å². The lowest BCUT2D eigenvalue weighted by molar-refractivity contribution is -0.115. The molecule has 0 unspecified atom stereocenters. The number of halogens is 1. The molecule has 6 heteroatoms. The number of hydrogen-bond acceptors (Lipinski definition) is 4. The summed E-state index contributed by atoms with van der Waals surface area (Å²) >= 11 is 0.790. The minimum absolute atomic E-state index is 0.189. The highest BCUT2D eigenvalue weighted by atomic mass is 32.2. The number of imide groups is 1. The van der Waals surface area contributed by atoms with E-state index in [0.29, 0.717) is 5.56 Å². The van der Waals surface area contributed by atoms with Gasteiger partial charge in [0, 0.05) is 23.4 Å². The fraction of sp³-hybridized carbons (Fsp3) is 0.333. The fourth-order valence-corrected chi connectivity index (χ4v) is 4.04. The molecule has 2 aliphatic heterocycles. The first-order chi connectivity index (χ1) is 11.2. The van der Waals surface area contributed by atoms with Crippen LogP contribution in [-0.2, 0) is 4.79 Å². The first-order valence-corrected chi connectivity index (χ1v) is 8.60. The molecule has 1 aromatic carbocycles. The molecule has 4 nitrogen and oxygen atoms in total. The second-order valence-corrected chi connectivity index (χ2v) is 7.48. The van der Waals surface area contributed by atoms with Crippen molar-refractivity contribution in [3.8, 4) is 0 Å². The smallest absolute Gasteiger partial charge is 0.290 e. The molecule has 2 aliphatic rings. The van der Waals surface area contributed by atoms with Crippen LogP contribution in [0.4, 0.5) is 14.9 Å². The van der Waals surface area contributed by atoms with Gasteiger partial charge in [-0.1, -0.05) is 6.08 Å². The van der Waals surface area contributed by atoms with Crippen LogP contribution in [0, 0.1) is 5.82 Å². The summed E-state index contributed by atoms with van der Waals surface area (Å²) in [6.45, 7) is 9.00. The lowest BCUT2D eigenvalue weighted by Gasteiger charge is -2.42. The van der Waals surface area contributed by atoms with Crippen LogP contribution in [0.3, 0.4) is 0 Å². The Morgan fingerprint density at radius 3 is 2.62 bits per heavy atom. The number of nitrogens with zero attached hydrogens (tertiary/aromatic N) is 1. The molecule has 2 heterocycles. The minimum Gasteiger partial charge on any atom is -0.363 e. The van der Waals surface area contributed by atoms with Gasteiger partial charge in [0.2, 0.25) is 0 Å². The van der Waals surface area contributed by atoms with E-state index < -0.39 is 17.0 Å². The molecule has 1 saturated heterocycles. The highest BCUT2D eigenvalue weighted by Crippen LogP contribution is 2.40. The van der Waals surface area contributed by atoms with Gasteiger partial charge >= 0.3 is 0 Å². The summed E-state index contributed by atoms with van der Waals surface area (Å²) in [5, 5.41) is 1.75. The number of fused-ring (bicyclic) bond motifs is 1. The van der Waals surface area contributed by atoms with Gasteiger partial charge in [-0.05, 0) is 63.2 Å². The summed E-state index contributed by atoms with van der Waals surface area (Å²) in [5.41, 5.74) is 2.98. The Hall–Kier alpha value is -2.08. The molecule has 0 aromatic heterocycles. The first kappa shape index (κ1) is 16.8. The summed E-state index contributed by atoms with van der Waals surface area (Å²) in [5.74, 6) is -0.886. The maximum absolute atomic E-state index is 14.6. The SMILES string of the molecule is CCN1c2cc(F)c(/C=C3\SC(=O)NC3=O)cc2C(C)=CC1(C)C. The number of rotatable bonds is 2. The molecule has 24 heavy (non-hydrogen) atoms. The van der Waals surface area contributed by atoms with Crippen molar-refractivity contribution < 1.29 is 14.0 Å². The number of hydrogen-bond donors (Lipinski definition) is 1. The van der Waals surface area contributed by atoms with Crippen LogP contribution >= 0.6 is 11.8 Å². The zero-order chi connectivity index (χ0) is 17.6. The zero-order valence-electron chi connectivity index (χ0n) is 14.1. The average molecular weight is 346 g/mol. The Bertz CT molecular complexity index is 811. The second kappa shape index (κ2) is 5.77. The number of allylic oxidation sites excluding steroid dienone is 1. The molecule has 0 spiro atoms. The first-order valence-electron chi connectivity index (χ1n) is 7.79. The van der Waals surface area contributed by atoms with E-state index in [9.17, 15) is 14.0 Å². The van der Waals surface area contributed by atoms with Gasteiger partial charge in [0.05, 0.1) is 10.4 Å². The Morgan fingerprint density at radius 1 is 1.33 bits per heavy atom. The third-order valence-electron chi connectivity index (χ3n) is 4.34. The summed E-state index contributed by atoms with van der Waals surface area (Å²) < 4.78 is 14.6. The topological polar surface area (TPSA) is 49.4 Å². The molecule has 1 aromatic rings. The monoisotopic (exact) mass is 346 g/mol. The summed E-state index contributed by atoms with van der Waals surface area (Å²) in [6, 6.07) is 3.26. The number of benzene rings is 1. The van der Waals surface area contributed by atoms with Crippen LogP contribution in [0.5, 0.6) is 0 Å². The molecule has 0 atom stereocenters. The lowest BCUT2D eigenvalue weighted by Crippen LogP contribution is -2.45. The van der Waals surface area contributed by atoms with Gasteiger partial charge < -0.3 is 4.90 Å². The van der Waals surface area contributed by atoms with Crippen molar-refractivity contribution in [3.63, 3.8) is 0 Å². The molecule has 126 valence electrons. The van der Waals surface area contributed by atoms with Crippen molar-refractivity contribution in [2.45, 2.75) is 33.2 Å². The third kappa shape index (κ3) is 2.75. The Morgan fingerprint density at radius 2 is 2.04 bits per heavy atom. The van der Waals surface area contributed by atoms with Crippen LogP contribution in [0.15, 0.2) is 23.1 Å². The summed E-state index contributed by atoms with van der Waals surface area (Å²) in [6.07, 6.45) is 3.60. The molecule has 0 saturated carbocycles. The number of thioether (sulfide) groups is 1. The number of carbonyl (C=O) groups excluding carboxylic acids is 2. The molecule has 1 N–H and O–H groups in total. The van der Waals surface area contributed by atoms with Gasteiger partial charge in [0.15, 0.2) is 0 Å². The number of carbonyl (C=O) groups is 2. The van der Waals surface area contributed by atoms with Crippen molar-refractivity contribution in [1.29, 1.82) is 0 Å². The van der Waals surface area contributed by atoms with E-state index in [2.05, 4.69) is 30.1 Å². The predicted molar refractivity (Wildman–Crippen MR) is 96.3 cm³/mol. The van der Waals surface area contributed by atoms with E-state index >= 15 is 0 Å². The Kier molecular flexibility index (Phi) is 4.03. The van der Waals surface area contributed by atoms with E-state index in [1.807, 2.05) is 13.8 Å². The number of nitrogens with one attached hydrogen (secondary N) is 1. The predicted octanol–water partition coefficient (Wildman–Crippen LogP) is 4.17. The van der Waals surface area contributed by atoms with E-state index in [1.165, 1.54) is 12.1 Å². The lowest BCUT2D eigenvalue weighted by atomic mass is 9.88. The van der Waals surface area contributed by atoms with Gasteiger partial charge in [-0.25, -0.2) is 4.39 Å². The highest BCUT2D eigenvalue weighted by molar-refractivity contribution is 8.18. The molecular formula is C18H19FN2O2S. The molecule has 0 aliphatic carbocycles. The molecule has 0 bridgehead atoms. The van der Waals surface area contributed by atoms with Crippen molar-refractivity contribution in [3.05, 3.63) is 40.1 Å². The van der Waals surface area contributed by atoms with Crippen molar-refractivity contribution in [1.82, 2.24) is 5.32 Å². The van der Waals surface area contributed by atoms with Crippen molar-refractivity contribution in [2.75, 3.05) is 11.4 Å². The van der Waals surface area contributed by atoms with Crippen LogP contribution in [-0.4, -0.2) is 23.2 Å². The molecule has 2 amide bonds. The normalized spacial score (nSPS) is 21.0.